The van der Waals surface area contributed by atoms with Crippen molar-refractivity contribution in [3.05, 3.63) is 0 Å². The van der Waals surface area contributed by atoms with Gasteiger partial charge in [-0.2, -0.15) is 0 Å². The number of carbonyl (C=O) groups excluding carboxylic acids is 1. The number of amides is 2. The molecule has 2 bridgehead atoms. The highest BCUT2D eigenvalue weighted by Crippen LogP contribution is 2.30. The number of piperidine rings is 1. The summed E-state index contributed by atoms with van der Waals surface area (Å²) in [6, 6.07) is 1.92. The van der Waals surface area contributed by atoms with E-state index in [0.717, 1.165) is 25.8 Å². The fourth-order valence-electron chi connectivity index (χ4n) is 3.21. The topological polar surface area (TPSA) is 35.6 Å². The summed E-state index contributed by atoms with van der Waals surface area (Å²) in [5, 5.41) is 3.63. The molecule has 2 saturated heterocycles. The zero-order valence-corrected chi connectivity index (χ0v) is 11.3. The minimum atomic E-state index is 0.179. The summed E-state index contributed by atoms with van der Waals surface area (Å²) >= 11 is 0. The van der Waals surface area contributed by atoms with Crippen molar-refractivity contribution in [2.75, 3.05) is 20.6 Å². The molecule has 0 aromatic carbocycles. The largest absolute Gasteiger partial charge is 0.331 e. The van der Waals surface area contributed by atoms with E-state index in [0.29, 0.717) is 18.1 Å². The van der Waals surface area contributed by atoms with Gasteiger partial charge in [-0.3, -0.25) is 0 Å². The maximum absolute atomic E-state index is 12.2. The lowest BCUT2D eigenvalue weighted by molar-refractivity contribution is 0.126. The predicted octanol–water partition coefficient (Wildman–Crippen LogP) is 1.66. The Labute approximate surface area is 104 Å². The van der Waals surface area contributed by atoms with Gasteiger partial charge in [0.15, 0.2) is 0 Å². The quantitative estimate of drug-likeness (QED) is 0.813. The molecular weight excluding hydrogens is 214 g/mol. The summed E-state index contributed by atoms with van der Waals surface area (Å²) in [7, 11) is 3.70. The molecule has 0 aliphatic carbocycles. The lowest BCUT2D eigenvalue weighted by Crippen LogP contribution is -2.52. The summed E-state index contributed by atoms with van der Waals surface area (Å²) in [6.45, 7) is 3.03. The lowest BCUT2D eigenvalue weighted by Gasteiger charge is -2.38. The van der Waals surface area contributed by atoms with Crippen LogP contribution in [0.15, 0.2) is 0 Å². The third-order valence-corrected chi connectivity index (χ3v) is 3.98. The van der Waals surface area contributed by atoms with Crippen LogP contribution in [0.3, 0.4) is 0 Å². The van der Waals surface area contributed by atoms with E-state index < -0.39 is 0 Å². The van der Waals surface area contributed by atoms with Crippen LogP contribution in [-0.2, 0) is 0 Å². The molecule has 2 heterocycles. The van der Waals surface area contributed by atoms with E-state index in [2.05, 4.69) is 17.1 Å². The van der Waals surface area contributed by atoms with Crippen molar-refractivity contribution in [2.24, 2.45) is 0 Å². The standard InChI is InChI=1S/C13H25N3O/c1-4-7-16(13(17)15(2)3)12-8-10-5-6-11(9-12)14-10/h10-12,14H,4-9H2,1-3H3. The van der Waals surface area contributed by atoms with E-state index in [1.165, 1.54) is 12.8 Å². The fraction of sp³-hybridized carbons (Fsp3) is 0.923. The van der Waals surface area contributed by atoms with Gasteiger partial charge in [0, 0.05) is 38.8 Å². The van der Waals surface area contributed by atoms with Crippen molar-refractivity contribution < 1.29 is 4.79 Å². The minimum absolute atomic E-state index is 0.179. The summed E-state index contributed by atoms with van der Waals surface area (Å²) in [5.74, 6) is 0. The molecule has 1 N–H and O–H groups in total. The lowest BCUT2D eigenvalue weighted by atomic mass is 9.98. The molecule has 0 aromatic heterocycles. The first-order valence-electron chi connectivity index (χ1n) is 6.85. The van der Waals surface area contributed by atoms with Gasteiger partial charge in [0.25, 0.3) is 0 Å². The molecule has 0 saturated carbocycles. The molecule has 4 heteroatoms. The van der Waals surface area contributed by atoms with Crippen molar-refractivity contribution in [1.82, 2.24) is 15.1 Å². The summed E-state index contributed by atoms with van der Waals surface area (Å²) in [4.78, 5) is 16.0. The van der Waals surface area contributed by atoms with Crippen LogP contribution in [0.1, 0.15) is 39.0 Å². The Hall–Kier alpha value is -0.770. The first kappa shape index (κ1) is 12.7. The normalized spacial score (nSPS) is 31.4. The molecule has 4 nitrogen and oxygen atoms in total. The number of nitrogens with one attached hydrogen (secondary N) is 1. The smallest absolute Gasteiger partial charge is 0.319 e. The van der Waals surface area contributed by atoms with Crippen molar-refractivity contribution >= 4 is 6.03 Å². The SMILES string of the molecule is CCCN(C(=O)N(C)C)C1CC2CCC(C1)N2. The molecule has 0 spiro atoms. The van der Waals surface area contributed by atoms with Gasteiger partial charge in [-0.25, -0.2) is 4.79 Å². The maximum atomic E-state index is 12.2. The third-order valence-electron chi connectivity index (χ3n) is 3.98. The van der Waals surface area contributed by atoms with E-state index in [9.17, 15) is 4.79 Å². The van der Waals surface area contributed by atoms with E-state index in [-0.39, 0.29) is 6.03 Å². The number of hydrogen-bond acceptors (Lipinski definition) is 2. The van der Waals surface area contributed by atoms with Crippen LogP contribution in [0.25, 0.3) is 0 Å². The van der Waals surface area contributed by atoms with Crippen molar-refractivity contribution in [2.45, 2.75) is 57.2 Å². The second-order valence-corrected chi connectivity index (χ2v) is 5.63. The molecule has 2 amide bonds. The Kier molecular flexibility index (Phi) is 3.92. The fourth-order valence-corrected chi connectivity index (χ4v) is 3.21. The first-order chi connectivity index (χ1) is 8.11. The van der Waals surface area contributed by atoms with Gasteiger partial charge in [0.2, 0.25) is 0 Å². The van der Waals surface area contributed by atoms with Crippen LogP contribution < -0.4 is 5.32 Å². The molecule has 2 fully saturated rings. The second kappa shape index (κ2) is 5.25. The highest BCUT2D eigenvalue weighted by atomic mass is 16.2. The van der Waals surface area contributed by atoms with Gasteiger partial charge in [-0.05, 0) is 32.1 Å². The molecule has 2 atom stereocenters. The van der Waals surface area contributed by atoms with E-state index in [4.69, 9.17) is 0 Å². The average Bonchev–Trinajstić information content (AvgIpc) is 2.64. The number of carbonyl (C=O) groups is 1. The van der Waals surface area contributed by atoms with Gasteiger partial charge in [-0.1, -0.05) is 6.92 Å². The van der Waals surface area contributed by atoms with Crippen LogP contribution in [0.5, 0.6) is 0 Å². The molecule has 2 rings (SSSR count). The van der Waals surface area contributed by atoms with Gasteiger partial charge in [0.05, 0.1) is 0 Å². The van der Waals surface area contributed by atoms with E-state index >= 15 is 0 Å². The van der Waals surface area contributed by atoms with Crippen LogP contribution in [-0.4, -0.2) is 54.6 Å². The first-order valence-corrected chi connectivity index (χ1v) is 6.85. The molecule has 98 valence electrons. The molecule has 2 aliphatic heterocycles. The van der Waals surface area contributed by atoms with Crippen molar-refractivity contribution in [3.63, 3.8) is 0 Å². The highest BCUT2D eigenvalue weighted by Gasteiger charge is 2.37. The zero-order chi connectivity index (χ0) is 12.4. The Balaban J connectivity index is 2.03. The molecule has 2 aliphatic rings. The van der Waals surface area contributed by atoms with Gasteiger partial charge < -0.3 is 15.1 Å². The number of urea groups is 1. The average molecular weight is 239 g/mol. The highest BCUT2D eigenvalue weighted by molar-refractivity contribution is 5.74. The monoisotopic (exact) mass is 239 g/mol. The number of fused-ring (bicyclic) bond motifs is 2. The van der Waals surface area contributed by atoms with Crippen LogP contribution in [0.4, 0.5) is 4.79 Å². The summed E-state index contributed by atoms with van der Waals surface area (Å²) in [6.07, 6.45) is 5.89. The van der Waals surface area contributed by atoms with Crippen LogP contribution in [0, 0.1) is 0 Å². The summed E-state index contributed by atoms with van der Waals surface area (Å²) in [5.41, 5.74) is 0. The third kappa shape index (κ3) is 2.73. The van der Waals surface area contributed by atoms with Gasteiger partial charge >= 0.3 is 6.03 Å². The zero-order valence-electron chi connectivity index (χ0n) is 11.3. The summed E-state index contributed by atoms with van der Waals surface area (Å²) < 4.78 is 0. The van der Waals surface area contributed by atoms with Crippen LogP contribution in [0.2, 0.25) is 0 Å². The Bertz CT molecular complexity index is 268. The van der Waals surface area contributed by atoms with Crippen LogP contribution >= 0.6 is 0 Å². The molecule has 2 unspecified atom stereocenters. The molecular formula is C13H25N3O. The van der Waals surface area contributed by atoms with Gasteiger partial charge in [-0.15, -0.1) is 0 Å². The van der Waals surface area contributed by atoms with E-state index in [1.54, 1.807) is 4.90 Å². The Morgan fingerprint density at radius 1 is 1.24 bits per heavy atom. The number of hydrogen-bond donors (Lipinski definition) is 1. The molecule has 17 heavy (non-hydrogen) atoms. The molecule has 0 radical (unpaired) electrons. The Morgan fingerprint density at radius 3 is 2.29 bits per heavy atom. The van der Waals surface area contributed by atoms with Crippen molar-refractivity contribution in [1.29, 1.82) is 0 Å². The second-order valence-electron chi connectivity index (χ2n) is 5.63. The Morgan fingerprint density at radius 2 is 1.82 bits per heavy atom. The number of nitrogens with zero attached hydrogens (tertiary/aromatic N) is 2. The maximum Gasteiger partial charge on any atom is 0.319 e. The number of rotatable bonds is 3. The van der Waals surface area contributed by atoms with Gasteiger partial charge in [0.1, 0.15) is 0 Å². The molecule has 0 aromatic rings. The predicted molar refractivity (Wildman–Crippen MR) is 69.0 cm³/mol. The van der Waals surface area contributed by atoms with E-state index in [1.807, 2.05) is 14.1 Å². The van der Waals surface area contributed by atoms with Crippen molar-refractivity contribution in [3.8, 4) is 0 Å². The minimum Gasteiger partial charge on any atom is -0.331 e.